The maximum absolute atomic E-state index is 11.3. The molecule has 0 heterocycles. The lowest BCUT2D eigenvalue weighted by molar-refractivity contribution is -0.144. The van der Waals surface area contributed by atoms with Crippen LogP contribution in [0.2, 0.25) is 0 Å². The van der Waals surface area contributed by atoms with Gasteiger partial charge in [0.15, 0.2) is 0 Å². The summed E-state index contributed by atoms with van der Waals surface area (Å²) in [6, 6.07) is 0. The first-order valence-electron chi connectivity index (χ1n) is 6.01. The summed E-state index contributed by atoms with van der Waals surface area (Å²) in [5, 5.41) is 0. The largest absolute Gasteiger partial charge is 0.465 e. The molecule has 0 spiro atoms. The first-order chi connectivity index (χ1) is 7.13. The summed E-state index contributed by atoms with van der Waals surface area (Å²) >= 11 is 0. The zero-order chi connectivity index (χ0) is 11.7. The predicted octanol–water partition coefficient (Wildman–Crippen LogP) is 2.31. The van der Waals surface area contributed by atoms with Crippen LogP contribution in [0.3, 0.4) is 0 Å². The molecule has 0 aromatic carbocycles. The van der Waals surface area contributed by atoms with Gasteiger partial charge < -0.3 is 4.74 Å². The van der Waals surface area contributed by atoms with Crippen molar-refractivity contribution in [1.82, 2.24) is 4.90 Å². The highest BCUT2D eigenvalue weighted by atomic mass is 16.5. The Balaban J connectivity index is 3.96. The molecule has 0 saturated heterocycles. The van der Waals surface area contributed by atoms with Crippen LogP contribution in [0.5, 0.6) is 0 Å². The van der Waals surface area contributed by atoms with Gasteiger partial charge in [0.2, 0.25) is 0 Å². The third kappa shape index (κ3) is 7.37. The first-order valence-corrected chi connectivity index (χ1v) is 6.01. The maximum atomic E-state index is 11.3. The molecule has 0 aliphatic carbocycles. The first kappa shape index (κ1) is 14.4. The minimum atomic E-state index is -0.103. The van der Waals surface area contributed by atoms with Crippen molar-refractivity contribution in [3.63, 3.8) is 0 Å². The topological polar surface area (TPSA) is 29.5 Å². The lowest BCUT2D eigenvalue weighted by Crippen LogP contribution is -2.35. The average Bonchev–Trinajstić information content (AvgIpc) is 2.18. The summed E-state index contributed by atoms with van der Waals surface area (Å²) in [7, 11) is 0. The molecule has 0 radical (unpaired) electrons. The van der Waals surface area contributed by atoms with Crippen molar-refractivity contribution in [3.05, 3.63) is 0 Å². The fourth-order valence-electron chi connectivity index (χ4n) is 1.51. The van der Waals surface area contributed by atoms with E-state index in [1.54, 1.807) is 0 Å². The Labute approximate surface area is 93.8 Å². The number of nitrogens with zero attached hydrogens (tertiary/aromatic N) is 1. The minimum absolute atomic E-state index is 0.103. The van der Waals surface area contributed by atoms with Gasteiger partial charge in [0, 0.05) is 6.54 Å². The van der Waals surface area contributed by atoms with E-state index in [2.05, 4.69) is 25.7 Å². The Morgan fingerprint density at radius 3 is 2.47 bits per heavy atom. The van der Waals surface area contributed by atoms with Crippen molar-refractivity contribution in [3.8, 4) is 0 Å². The molecule has 0 N–H and O–H groups in total. The van der Waals surface area contributed by atoms with E-state index >= 15 is 0 Å². The summed E-state index contributed by atoms with van der Waals surface area (Å²) in [5.74, 6) is 0.542. The third-order valence-electron chi connectivity index (χ3n) is 2.46. The minimum Gasteiger partial charge on any atom is -0.465 e. The van der Waals surface area contributed by atoms with Crippen LogP contribution >= 0.6 is 0 Å². The van der Waals surface area contributed by atoms with E-state index in [0.717, 1.165) is 25.9 Å². The SMILES string of the molecule is CCCN(CC(=O)OCC)CC(C)CC. The second-order valence-electron chi connectivity index (χ2n) is 4.05. The highest BCUT2D eigenvalue weighted by molar-refractivity contribution is 5.71. The number of hydrogen-bond acceptors (Lipinski definition) is 3. The van der Waals surface area contributed by atoms with Gasteiger partial charge in [-0.1, -0.05) is 27.2 Å². The normalized spacial score (nSPS) is 12.9. The summed E-state index contributed by atoms with van der Waals surface area (Å²) in [6.07, 6.45) is 2.23. The third-order valence-corrected chi connectivity index (χ3v) is 2.46. The van der Waals surface area contributed by atoms with Crippen LogP contribution < -0.4 is 0 Å². The van der Waals surface area contributed by atoms with Crippen molar-refractivity contribution < 1.29 is 9.53 Å². The van der Waals surface area contributed by atoms with Gasteiger partial charge in [-0.05, 0) is 25.8 Å². The fraction of sp³-hybridized carbons (Fsp3) is 0.917. The Morgan fingerprint density at radius 1 is 1.33 bits per heavy atom. The fourth-order valence-corrected chi connectivity index (χ4v) is 1.51. The molecule has 0 bridgehead atoms. The van der Waals surface area contributed by atoms with Crippen LogP contribution in [-0.2, 0) is 9.53 Å². The molecular formula is C12H25NO2. The molecule has 0 aromatic rings. The van der Waals surface area contributed by atoms with Crippen LogP contribution in [0.4, 0.5) is 0 Å². The van der Waals surface area contributed by atoms with Gasteiger partial charge >= 0.3 is 5.97 Å². The Bertz CT molecular complexity index is 171. The predicted molar refractivity (Wildman–Crippen MR) is 62.8 cm³/mol. The number of carbonyl (C=O) groups excluding carboxylic acids is 1. The van der Waals surface area contributed by atoms with Crippen LogP contribution in [0, 0.1) is 5.92 Å². The molecular weight excluding hydrogens is 190 g/mol. The molecule has 1 unspecified atom stereocenters. The van der Waals surface area contributed by atoms with Crippen molar-refractivity contribution in [2.24, 2.45) is 5.92 Å². The van der Waals surface area contributed by atoms with E-state index in [4.69, 9.17) is 4.74 Å². The van der Waals surface area contributed by atoms with Gasteiger partial charge in [-0.3, -0.25) is 9.69 Å². The second-order valence-corrected chi connectivity index (χ2v) is 4.05. The summed E-state index contributed by atoms with van der Waals surface area (Å²) in [5.41, 5.74) is 0. The van der Waals surface area contributed by atoms with Crippen LogP contribution in [0.15, 0.2) is 0 Å². The zero-order valence-electron chi connectivity index (χ0n) is 10.6. The maximum Gasteiger partial charge on any atom is 0.320 e. The van der Waals surface area contributed by atoms with E-state index in [0.29, 0.717) is 19.1 Å². The monoisotopic (exact) mass is 215 g/mol. The van der Waals surface area contributed by atoms with Gasteiger partial charge in [-0.2, -0.15) is 0 Å². The van der Waals surface area contributed by atoms with Crippen LogP contribution in [-0.4, -0.2) is 37.1 Å². The van der Waals surface area contributed by atoms with Gasteiger partial charge in [0.25, 0.3) is 0 Å². The Morgan fingerprint density at radius 2 is 2.00 bits per heavy atom. The van der Waals surface area contributed by atoms with E-state index in [9.17, 15) is 4.79 Å². The van der Waals surface area contributed by atoms with Crippen molar-refractivity contribution in [2.75, 3.05) is 26.2 Å². The van der Waals surface area contributed by atoms with Gasteiger partial charge in [0.1, 0.15) is 0 Å². The van der Waals surface area contributed by atoms with Crippen molar-refractivity contribution in [1.29, 1.82) is 0 Å². The van der Waals surface area contributed by atoms with E-state index in [-0.39, 0.29) is 5.97 Å². The molecule has 15 heavy (non-hydrogen) atoms. The highest BCUT2D eigenvalue weighted by Crippen LogP contribution is 2.05. The quantitative estimate of drug-likeness (QED) is 0.582. The number of esters is 1. The molecule has 1 atom stereocenters. The van der Waals surface area contributed by atoms with Crippen molar-refractivity contribution >= 4 is 5.97 Å². The van der Waals surface area contributed by atoms with Crippen LogP contribution in [0.1, 0.15) is 40.5 Å². The molecule has 0 fully saturated rings. The van der Waals surface area contributed by atoms with E-state index in [1.807, 2.05) is 6.92 Å². The van der Waals surface area contributed by atoms with E-state index < -0.39 is 0 Å². The van der Waals surface area contributed by atoms with Crippen LogP contribution in [0.25, 0.3) is 0 Å². The smallest absolute Gasteiger partial charge is 0.320 e. The second kappa shape index (κ2) is 8.72. The Kier molecular flexibility index (Phi) is 8.38. The van der Waals surface area contributed by atoms with E-state index in [1.165, 1.54) is 0 Å². The molecule has 3 heteroatoms. The lowest BCUT2D eigenvalue weighted by atomic mass is 10.1. The Hall–Kier alpha value is -0.570. The van der Waals surface area contributed by atoms with Gasteiger partial charge in [0.05, 0.1) is 13.2 Å². The van der Waals surface area contributed by atoms with Gasteiger partial charge in [-0.15, -0.1) is 0 Å². The highest BCUT2D eigenvalue weighted by Gasteiger charge is 2.12. The molecule has 0 aromatic heterocycles. The molecule has 0 rings (SSSR count). The standard InChI is InChI=1S/C12H25NO2/c1-5-8-13(9-11(4)6-2)10-12(14)15-7-3/h11H,5-10H2,1-4H3. The summed E-state index contributed by atoms with van der Waals surface area (Å²) < 4.78 is 4.95. The molecule has 3 nitrogen and oxygen atoms in total. The zero-order valence-corrected chi connectivity index (χ0v) is 10.6. The number of ether oxygens (including phenoxy) is 1. The molecule has 0 aliphatic rings. The van der Waals surface area contributed by atoms with Crippen molar-refractivity contribution in [2.45, 2.75) is 40.5 Å². The number of hydrogen-bond donors (Lipinski definition) is 0. The molecule has 90 valence electrons. The lowest BCUT2D eigenvalue weighted by Gasteiger charge is -2.23. The molecule has 0 amide bonds. The summed E-state index contributed by atoms with van der Waals surface area (Å²) in [4.78, 5) is 13.5. The average molecular weight is 215 g/mol. The number of carbonyl (C=O) groups is 1. The number of rotatable bonds is 8. The molecule has 0 aliphatic heterocycles. The van der Waals surface area contributed by atoms with Gasteiger partial charge in [-0.25, -0.2) is 0 Å². The molecule has 0 saturated carbocycles. The summed E-state index contributed by atoms with van der Waals surface area (Å²) in [6.45, 7) is 11.2.